The number of rotatable bonds is 7. The van der Waals surface area contributed by atoms with E-state index in [2.05, 4.69) is 6.58 Å². The lowest BCUT2D eigenvalue weighted by atomic mass is 10.1. The lowest BCUT2D eigenvalue weighted by Crippen LogP contribution is -2.18. The minimum Gasteiger partial charge on any atom is -0.761 e. The van der Waals surface area contributed by atoms with Crippen molar-refractivity contribution in [3.63, 3.8) is 0 Å². The van der Waals surface area contributed by atoms with E-state index in [4.69, 9.17) is 10.5 Å². The fourth-order valence-electron chi connectivity index (χ4n) is 1.67. The van der Waals surface area contributed by atoms with Gasteiger partial charge in [0.2, 0.25) is 0 Å². The van der Waals surface area contributed by atoms with E-state index >= 15 is 0 Å². The lowest BCUT2D eigenvalue weighted by Gasteiger charge is -2.17. The minimum absolute atomic E-state index is 0.168. The van der Waals surface area contributed by atoms with E-state index in [0.29, 0.717) is 19.2 Å². The van der Waals surface area contributed by atoms with Crippen LogP contribution in [-0.4, -0.2) is 12.7 Å². The highest BCUT2D eigenvalue weighted by atomic mass is 19.4. The third kappa shape index (κ3) is 5.27. The highest BCUT2D eigenvalue weighted by Crippen LogP contribution is 2.32. The Bertz CT molecular complexity index is 549. The van der Waals surface area contributed by atoms with Crippen LogP contribution in [0.1, 0.15) is 5.56 Å². The molecule has 3 N–H and O–H groups in total. The van der Waals surface area contributed by atoms with Crippen molar-refractivity contribution in [3.05, 3.63) is 71.3 Å². The van der Waals surface area contributed by atoms with Crippen LogP contribution in [-0.2, 0) is 6.42 Å². The van der Waals surface area contributed by atoms with E-state index in [-0.39, 0.29) is 5.75 Å². The van der Waals surface area contributed by atoms with Gasteiger partial charge in [-0.2, -0.15) is 13.2 Å². The molecular weight excluding hydrogens is 297 g/mol. The number of benzene rings is 1. The van der Waals surface area contributed by atoms with E-state index in [0.717, 1.165) is 17.7 Å². The maximum Gasteiger partial charge on any atom is 0.420 e. The van der Waals surface area contributed by atoms with Crippen LogP contribution in [0.5, 0.6) is 5.75 Å². The maximum atomic E-state index is 13.0. The van der Waals surface area contributed by atoms with Gasteiger partial charge in [-0.25, -0.2) is 0 Å². The zero-order chi connectivity index (χ0) is 16.6. The molecule has 1 rings (SSSR count). The molecule has 0 aromatic heterocycles. The zero-order valence-corrected chi connectivity index (χ0v) is 11.7. The monoisotopic (exact) mass is 313 g/mol. The van der Waals surface area contributed by atoms with Gasteiger partial charge in [-0.3, -0.25) is 0 Å². The summed E-state index contributed by atoms with van der Waals surface area (Å²) in [5, 5.41) is 10.5. The summed E-state index contributed by atoms with van der Waals surface area (Å²) in [5.74, 6) is -0.476. The van der Waals surface area contributed by atoms with Crippen LogP contribution >= 0.6 is 0 Å². The molecule has 0 spiro atoms. The molecule has 0 radical (unpaired) electrons. The molecule has 0 atom stereocenters. The van der Waals surface area contributed by atoms with E-state index < -0.39 is 17.5 Å². The first-order valence-corrected chi connectivity index (χ1v) is 6.37. The minimum atomic E-state index is -4.68. The lowest BCUT2D eigenvalue weighted by molar-refractivity contribution is -0.0920. The number of allylic oxidation sites excluding steroid dienone is 3. The molecule has 0 aliphatic rings. The molecule has 22 heavy (non-hydrogen) atoms. The molecule has 0 unspecified atom stereocenters. The second-order valence-corrected chi connectivity index (χ2v) is 4.22. The van der Waals surface area contributed by atoms with Crippen LogP contribution in [0.4, 0.5) is 13.2 Å². The molecule has 0 amide bonds. The molecule has 0 bridgehead atoms. The predicted octanol–water partition coefficient (Wildman–Crippen LogP) is 3.17. The van der Waals surface area contributed by atoms with Crippen molar-refractivity contribution in [2.24, 2.45) is 5.73 Å². The number of halogens is 3. The van der Waals surface area contributed by atoms with Crippen LogP contribution < -0.4 is 16.0 Å². The third-order valence-electron chi connectivity index (χ3n) is 2.63. The Balaban J connectivity index is 3.04. The van der Waals surface area contributed by atoms with Crippen LogP contribution in [0.3, 0.4) is 0 Å². The SMILES string of the molecule is C=C/C=C(\C(=C/N[O-])Oc1ccc(CCN)cc1)C(F)(F)F. The number of nitrogens with one attached hydrogen (secondary N) is 1. The number of alkyl halides is 3. The second kappa shape index (κ2) is 8.26. The van der Waals surface area contributed by atoms with Crippen molar-refractivity contribution in [2.75, 3.05) is 6.54 Å². The second-order valence-electron chi connectivity index (χ2n) is 4.22. The zero-order valence-electron chi connectivity index (χ0n) is 11.7. The maximum absolute atomic E-state index is 13.0. The van der Waals surface area contributed by atoms with Crippen LogP contribution in [0.2, 0.25) is 0 Å². The number of nitrogens with two attached hydrogens (primary N) is 1. The summed E-state index contributed by atoms with van der Waals surface area (Å²) in [6.07, 6.45) is -1.75. The summed E-state index contributed by atoms with van der Waals surface area (Å²) < 4.78 is 44.1. The van der Waals surface area contributed by atoms with Crippen molar-refractivity contribution in [1.82, 2.24) is 5.48 Å². The Hall–Kier alpha value is -2.25. The van der Waals surface area contributed by atoms with Gasteiger partial charge in [-0.15, -0.1) is 0 Å². The first-order chi connectivity index (χ1) is 10.4. The van der Waals surface area contributed by atoms with Gasteiger partial charge in [0.05, 0.1) is 5.57 Å². The highest BCUT2D eigenvalue weighted by molar-refractivity contribution is 5.37. The number of hydrogen-bond donors (Lipinski definition) is 2. The largest absolute Gasteiger partial charge is 0.761 e. The smallest absolute Gasteiger partial charge is 0.420 e. The summed E-state index contributed by atoms with van der Waals surface area (Å²) in [6, 6.07) is 6.39. The molecule has 0 saturated heterocycles. The normalized spacial score (nSPS) is 13.0. The van der Waals surface area contributed by atoms with Gasteiger partial charge < -0.3 is 21.2 Å². The third-order valence-corrected chi connectivity index (χ3v) is 2.63. The molecule has 0 aliphatic heterocycles. The fraction of sp³-hybridized carbons (Fsp3) is 0.200. The van der Waals surface area contributed by atoms with Crippen molar-refractivity contribution >= 4 is 0 Å². The van der Waals surface area contributed by atoms with E-state index in [1.54, 1.807) is 12.1 Å². The van der Waals surface area contributed by atoms with Crippen LogP contribution in [0.25, 0.3) is 0 Å². The first-order valence-electron chi connectivity index (χ1n) is 6.37. The molecular formula is C15H16F3N2O2-. The van der Waals surface area contributed by atoms with Gasteiger partial charge in [0.25, 0.3) is 0 Å². The van der Waals surface area contributed by atoms with Gasteiger partial charge in [0.15, 0.2) is 5.76 Å². The summed E-state index contributed by atoms with van der Waals surface area (Å²) >= 11 is 0. The quantitative estimate of drug-likeness (QED) is 0.461. The average Bonchev–Trinajstić information content (AvgIpc) is 2.45. The molecule has 0 aliphatic carbocycles. The van der Waals surface area contributed by atoms with Crippen LogP contribution in [0.15, 0.2) is 60.5 Å². The van der Waals surface area contributed by atoms with E-state index in [9.17, 15) is 18.4 Å². The molecule has 0 heterocycles. The summed E-state index contributed by atoms with van der Waals surface area (Å²) in [4.78, 5) is 0. The standard InChI is InChI=1S/C15H16F3N2O2/c1-2-3-13(15(16,17)18)14(10-20-21)22-12-6-4-11(5-7-12)8-9-19/h2-7,10,20H,1,8-9,19H2/q-1/b13-3+,14-10+. The molecule has 120 valence electrons. The Morgan fingerprint density at radius 3 is 2.41 bits per heavy atom. The van der Waals surface area contributed by atoms with Crippen molar-refractivity contribution in [1.29, 1.82) is 0 Å². The molecule has 0 saturated carbocycles. The molecule has 4 nitrogen and oxygen atoms in total. The van der Waals surface area contributed by atoms with E-state index in [1.165, 1.54) is 17.6 Å². The summed E-state index contributed by atoms with van der Waals surface area (Å²) in [6.45, 7) is 3.69. The molecule has 7 heteroatoms. The molecule has 1 aromatic rings. The number of hydrogen-bond acceptors (Lipinski definition) is 4. The fourth-order valence-corrected chi connectivity index (χ4v) is 1.67. The highest BCUT2D eigenvalue weighted by Gasteiger charge is 2.37. The molecule has 1 aromatic carbocycles. The Labute approximate surface area is 126 Å². The van der Waals surface area contributed by atoms with E-state index in [1.807, 2.05) is 0 Å². The average molecular weight is 313 g/mol. The van der Waals surface area contributed by atoms with Gasteiger partial charge in [-0.1, -0.05) is 24.8 Å². The topological polar surface area (TPSA) is 70.3 Å². The number of hydroxylamine groups is 1. The van der Waals surface area contributed by atoms with Gasteiger partial charge in [-0.05, 0) is 36.7 Å². The van der Waals surface area contributed by atoms with Gasteiger partial charge >= 0.3 is 6.18 Å². The summed E-state index contributed by atoms with van der Waals surface area (Å²) in [5.41, 5.74) is 6.53. The molecule has 0 fully saturated rings. The van der Waals surface area contributed by atoms with Crippen molar-refractivity contribution < 1.29 is 17.9 Å². The Kier molecular flexibility index (Phi) is 6.68. The van der Waals surface area contributed by atoms with Gasteiger partial charge in [0, 0.05) is 6.20 Å². The summed E-state index contributed by atoms with van der Waals surface area (Å²) in [7, 11) is 0. The van der Waals surface area contributed by atoms with Crippen molar-refractivity contribution in [2.45, 2.75) is 12.6 Å². The Morgan fingerprint density at radius 1 is 1.32 bits per heavy atom. The van der Waals surface area contributed by atoms with Crippen LogP contribution in [0, 0.1) is 5.21 Å². The number of ether oxygens (including phenoxy) is 1. The Morgan fingerprint density at radius 2 is 1.95 bits per heavy atom. The van der Waals surface area contributed by atoms with Gasteiger partial charge in [0.1, 0.15) is 5.75 Å². The first kappa shape index (κ1) is 17.8. The van der Waals surface area contributed by atoms with Crippen molar-refractivity contribution in [3.8, 4) is 5.75 Å². The predicted molar refractivity (Wildman–Crippen MR) is 78.7 cm³/mol.